The Labute approximate surface area is 81.9 Å². The summed E-state index contributed by atoms with van der Waals surface area (Å²) in [5, 5.41) is 10.0. The molecule has 1 aliphatic heterocycles. The molecule has 0 bridgehead atoms. The number of ether oxygens (including phenoxy) is 3. The van der Waals surface area contributed by atoms with E-state index in [1.54, 1.807) is 0 Å². The summed E-state index contributed by atoms with van der Waals surface area (Å²) in [6.45, 7) is 0.414. The van der Waals surface area contributed by atoms with Gasteiger partial charge in [0, 0.05) is 12.8 Å². The van der Waals surface area contributed by atoms with Crippen LogP contribution in [0, 0.1) is 0 Å². The van der Waals surface area contributed by atoms with Gasteiger partial charge in [0.2, 0.25) is 0 Å². The highest BCUT2D eigenvalue weighted by atomic mass is 16.8. The van der Waals surface area contributed by atoms with Crippen molar-refractivity contribution < 1.29 is 24.1 Å². The maximum Gasteiger partial charge on any atom is 0.550 e. The van der Waals surface area contributed by atoms with Crippen molar-refractivity contribution in [1.29, 1.82) is 0 Å². The molecule has 5 nitrogen and oxygen atoms in total. The molecular weight excluding hydrogens is 188 g/mol. The van der Waals surface area contributed by atoms with Crippen LogP contribution in [0.15, 0.2) is 0 Å². The van der Waals surface area contributed by atoms with E-state index >= 15 is 0 Å². The Morgan fingerprint density at radius 3 is 2.79 bits per heavy atom. The summed E-state index contributed by atoms with van der Waals surface area (Å²) in [4.78, 5) is 10.0. The van der Waals surface area contributed by atoms with Crippen LogP contribution in [-0.2, 0) is 19.3 Å². The van der Waals surface area contributed by atoms with Crippen LogP contribution in [0.4, 0.5) is 4.79 Å². The van der Waals surface area contributed by atoms with Gasteiger partial charge in [0.05, 0.1) is 6.61 Å². The Bertz CT molecular complexity index is 221. The first-order chi connectivity index (χ1) is 6.70. The number of hydrogen-bond acceptors (Lipinski definition) is 4. The summed E-state index contributed by atoms with van der Waals surface area (Å²) in [7, 11) is 0. The fourth-order valence-corrected chi connectivity index (χ4v) is 2.04. The molecule has 1 heterocycles. The lowest BCUT2D eigenvalue weighted by Crippen LogP contribution is -2.28. The smallest absolute Gasteiger partial charge is 0.429 e. The second-order valence-corrected chi connectivity index (χ2v) is 3.73. The highest BCUT2D eigenvalue weighted by Crippen LogP contribution is 2.39. The highest BCUT2D eigenvalue weighted by molar-refractivity contribution is 5.56. The molecule has 1 aliphatic carbocycles. The quantitative estimate of drug-likeness (QED) is 0.630. The van der Waals surface area contributed by atoms with Gasteiger partial charge in [0.1, 0.15) is 12.7 Å². The molecule has 0 aromatic rings. The van der Waals surface area contributed by atoms with E-state index in [2.05, 4.69) is 4.74 Å². The molecule has 0 aromatic carbocycles. The van der Waals surface area contributed by atoms with Gasteiger partial charge in [-0.1, -0.05) is 0 Å². The normalized spacial score (nSPS) is 29.6. The average molecular weight is 201 g/mol. The number of rotatable bonds is 2. The predicted octanol–water partition coefficient (Wildman–Crippen LogP) is 1.24. The van der Waals surface area contributed by atoms with Gasteiger partial charge in [0.25, 0.3) is 0 Å². The summed E-state index contributed by atoms with van der Waals surface area (Å²) >= 11 is 0. The topological polar surface area (TPSA) is 64.7 Å². The summed E-state index contributed by atoms with van der Waals surface area (Å²) in [6.07, 6.45) is 2.22. The second kappa shape index (κ2) is 3.74. The minimum absolute atomic E-state index is 0.00405. The van der Waals surface area contributed by atoms with E-state index in [9.17, 15) is 9.90 Å². The Hall–Kier alpha value is -0.810. The SMILES string of the molecule is [O]C(=O)OCC1COC2(CCCC2)O1. The molecule has 0 aromatic heterocycles. The lowest BCUT2D eigenvalue weighted by molar-refractivity contribution is -0.165. The van der Waals surface area contributed by atoms with Gasteiger partial charge in [-0.05, 0) is 12.8 Å². The van der Waals surface area contributed by atoms with E-state index in [0.29, 0.717) is 6.61 Å². The zero-order valence-electron chi connectivity index (χ0n) is 7.86. The van der Waals surface area contributed by atoms with Gasteiger partial charge < -0.3 is 14.2 Å². The van der Waals surface area contributed by atoms with Crippen molar-refractivity contribution in [2.45, 2.75) is 37.6 Å². The van der Waals surface area contributed by atoms with Crippen LogP contribution in [0.25, 0.3) is 0 Å². The van der Waals surface area contributed by atoms with Gasteiger partial charge in [-0.3, -0.25) is 0 Å². The fourth-order valence-electron chi connectivity index (χ4n) is 2.04. The van der Waals surface area contributed by atoms with Crippen molar-refractivity contribution in [1.82, 2.24) is 0 Å². The van der Waals surface area contributed by atoms with Crippen molar-refractivity contribution >= 4 is 6.16 Å². The first-order valence-corrected chi connectivity index (χ1v) is 4.86. The lowest BCUT2D eigenvalue weighted by Gasteiger charge is -2.21. The Morgan fingerprint density at radius 1 is 1.43 bits per heavy atom. The Kier molecular flexibility index (Phi) is 2.60. The maximum atomic E-state index is 10.0. The van der Waals surface area contributed by atoms with Crippen molar-refractivity contribution in [3.63, 3.8) is 0 Å². The molecule has 1 unspecified atom stereocenters. The number of carbonyl (C=O) groups is 1. The molecule has 5 heteroatoms. The fraction of sp³-hybridized carbons (Fsp3) is 0.889. The molecule has 2 aliphatic rings. The summed E-state index contributed by atoms with van der Waals surface area (Å²) in [6, 6.07) is 0. The predicted molar refractivity (Wildman–Crippen MR) is 44.1 cm³/mol. The third-order valence-electron chi connectivity index (χ3n) is 2.67. The van der Waals surface area contributed by atoms with Crippen LogP contribution in [0.2, 0.25) is 0 Å². The zero-order chi connectivity index (χ0) is 10.0. The van der Waals surface area contributed by atoms with E-state index in [1.165, 1.54) is 0 Å². The van der Waals surface area contributed by atoms with E-state index in [1.807, 2.05) is 0 Å². The molecule has 0 N–H and O–H groups in total. The molecule has 79 valence electrons. The van der Waals surface area contributed by atoms with Crippen LogP contribution < -0.4 is 0 Å². The van der Waals surface area contributed by atoms with Gasteiger partial charge in [-0.25, -0.2) is 0 Å². The molecule has 0 amide bonds. The molecule has 2 fully saturated rings. The molecule has 1 saturated carbocycles. The van der Waals surface area contributed by atoms with Gasteiger partial charge in [-0.2, -0.15) is 9.90 Å². The van der Waals surface area contributed by atoms with Gasteiger partial charge >= 0.3 is 6.16 Å². The number of hydrogen-bond donors (Lipinski definition) is 0. The van der Waals surface area contributed by atoms with Crippen LogP contribution >= 0.6 is 0 Å². The summed E-state index contributed by atoms with van der Waals surface area (Å²) < 4.78 is 15.5. The van der Waals surface area contributed by atoms with E-state index < -0.39 is 11.9 Å². The largest absolute Gasteiger partial charge is 0.550 e. The Morgan fingerprint density at radius 2 is 2.14 bits per heavy atom. The standard InChI is InChI=1S/C9H13O5/c10-8(11)12-5-7-6-13-9(14-7)3-1-2-4-9/h7H,1-6H2. The van der Waals surface area contributed by atoms with Crippen LogP contribution in [0.1, 0.15) is 25.7 Å². The first kappa shape index (κ1) is 9.73. The van der Waals surface area contributed by atoms with Gasteiger partial charge in [0.15, 0.2) is 5.79 Å². The van der Waals surface area contributed by atoms with Crippen molar-refractivity contribution in [2.24, 2.45) is 0 Å². The van der Waals surface area contributed by atoms with Crippen molar-refractivity contribution in [2.75, 3.05) is 13.2 Å². The molecule has 2 rings (SSSR count). The summed E-state index contributed by atoms with van der Waals surface area (Å²) in [5.41, 5.74) is 0. The summed E-state index contributed by atoms with van der Waals surface area (Å²) in [5.74, 6) is -0.444. The van der Waals surface area contributed by atoms with Gasteiger partial charge in [-0.15, -0.1) is 0 Å². The Balaban J connectivity index is 1.79. The van der Waals surface area contributed by atoms with Crippen LogP contribution in [0.3, 0.4) is 0 Å². The van der Waals surface area contributed by atoms with Crippen molar-refractivity contribution in [3.05, 3.63) is 0 Å². The first-order valence-electron chi connectivity index (χ1n) is 4.86. The minimum atomic E-state index is -1.51. The third kappa shape index (κ3) is 1.99. The van der Waals surface area contributed by atoms with Crippen LogP contribution in [-0.4, -0.2) is 31.3 Å². The third-order valence-corrected chi connectivity index (χ3v) is 2.67. The monoisotopic (exact) mass is 201 g/mol. The maximum absolute atomic E-state index is 10.0. The van der Waals surface area contributed by atoms with Crippen LogP contribution in [0.5, 0.6) is 0 Å². The average Bonchev–Trinajstić information content (AvgIpc) is 2.74. The molecule has 1 atom stereocenters. The molecule has 1 spiro atoms. The van der Waals surface area contributed by atoms with E-state index in [4.69, 9.17) is 9.47 Å². The zero-order valence-corrected chi connectivity index (χ0v) is 7.86. The molecule has 14 heavy (non-hydrogen) atoms. The molecular formula is C9H13O5. The van der Waals surface area contributed by atoms with E-state index in [-0.39, 0.29) is 12.7 Å². The second-order valence-electron chi connectivity index (χ2n) is 3.73. The van der Waals surface area contributed by atoms with Crippen molar-refractivity contribution in [3.8, 4) is 0 Å². The minimum Gasteiger partial charge on any atom is -0.429 e. The molecule has 1 radical (unpaired) electrons. The van der Waals surface area contributed by atoms with E-state index in [0.717, 1.165) is 25.7 Å². The highest BCUT2D eigenvalue weighted by Gasteiger charge is 2.43. The molecule has 1 saturated heterocycles. The lowest BCUT2D eigenvalue weighted by atomic mass is 10.2. The number of carbonyl (C=O) groups excluding carboxylic acids is 1.